The normalized spacial score (nSPS) is 34.5. The average molecular weight is 264 g/mol. The van der Waals surface area contributed by atoms with Crippen LogP contribution in [0.4, 0.5) is 5.69 Å². The Morgan fingerprint density at radius 1 is 1.06 bits per heavy atom. The molecule has 1 aromatic rings. The van der Waals surface area contributed by atoms with Crippen molar-refractivity contribution >= 4 is 29.1 Å². The van der Waals surface area contributed by atoms with Gasteiger partial charge in [-0.25, -0.2) is 4.90 Å². The third-order valence-electron chi connectivity index (χ3n) is 4.79. The van der Waals surface area contributed by atoms with Gasteiger partial charge in [-0.1, -0.05) is 23.7 Å². The maximum atomic E-state index is 12.5. The molecule has 2 aliphatic rings. The van der Waals surface area contributed by atoms with Crippen LogP contribution in [0.5, 0.6) is 0 Å². The zero-order chi connectivity index (χ0) is 13.1. The van der Waals surface area contributed by atoms with Crippen LogP contribution in [0.3, 0.4) is 0 Å². The number of imide groups is 1. The van der Waals surface area contributed by atoms with Crippen LogP contribution in [-0.2, 0) is 9.59 Å². The highest BCUT2D eigenvalue weighted by Crippen LogP contribution is 2.63. The summed E-state index contributed by atoms with van der Waals surface area (Å²) in [4.78, 5) is 26.3. The van der Waals surface area contributed by atoms with Crippen LogP contribution in [0.1, 0.15) is 26.7 Å². The second-order valence-corrected chi connectivity index (χ2v) is 5.97. The standard InChI is InChI=1S/C14H14ClNO2/c1-13-7-8-14(13,2)12(18)16(11(13)17)10-6-4-3-5-9(10)15/h3-6H,7-8H2,1-2H3. The molecule has 0 aromatic heterocycles. The van der Waals surface area contributed by atoms with Crippen molar-refractivity contribution in [2.24, 2.45) is 10.8 Å². The Bertz CT molecular complexity index is 543. The number of benzene rings is 1. The number of rotatable bonds is 1. The molecule has 3 nitrogen and oxygen atoms in total. The van der Waals surface area contributed by atoms with Gasteiger partial charge in [0.1, 0.15) is 0 Å². The van der Waals surface area contributed by atoms with E-state index >= 15 is 0 Å². The maximum Gasteiger partial charge on any atom is 0.240 e. The second kappa shape index (κ2) is 3.35. The molecule has 1 aliphatic heterocycles. The number of nitrogens with zero attached hydrogens (tertiary/aromatic N) is 1. The number of fused-ring (bicyclic) bond motifs is 1. The Balaban J connectivity index is 2.13. The number of carbonyl (C=O) groups excluding carboxylic acids is 2. The molecule has 0 radical (unpaired) electrons. The van der Waals surface area contributed by atoms with E-state index in [0.29, 0.717) is 10.7 Å². The zero-order valence-corrected chi connectivity index (χ0v) is 11.1. The van der Waals surface area contributed by atoms with Crippen LogP contribution in [0.15, 0.2) is 24.3 Å². The van der Waals surface area contributed by atoms with E-state index in [1.165, 1.54) is 4.90 Å². The van der Waals surface area contributed by atoms with Gasteiger partial charge in [0.05, 0.1) is 21.5 Å². The van der Waals surface area contributed by atoms with Gasteiger partial charge in [0, 0.05) is 0 Å². The highest BCUT2D eigenvalue weighted by atomic mass is 35.5. The van der Waals surface area contributed by atoms with Crippen LogP contribution in [0.2, 0.25) is 5.02 Å². The lowest BCUT2D eigenvalue weighted by Gasteiger charge is -2.46. The van der Waals surface area contributed by atoms with E-state index in [-0.39, 0.29) is 11.8 Å². The van der Waals surface area contributed by atoms with E-state index < -0.39 is 10.8 Å². The molecule has 0 spiro atoms. The minimum absolute atomic E-state index is 0.116. The Hall–Kier alpha value is -1.35. The van der Waals surface area contributed by atoms with Crippen LogP contribution in [0.25, 0.3) is 0 Å². The molecule has 2 unspecified atom stereocenters. The Morgan fingerprint density at radius 2 is 1.56 bits per heavy atom. The predicted octanol–water partition coefficient (Wildman–Crippen LogP) is 3.02. The first-order valence-electron chi connectivity index (χ1n) is 6.05. The predicted molar refractivity (Wildman–Crippen MR) is 69.4 cm³/mol. The number of anilines is 1. The number of amides is 2. The molecule has 94 valence electrons. The lowest BCUT2D eigenvalue weighted by molar-refractivity contribution is -0.145. The van der Waals surface area contributed by atoms with Gasteiger partial charge >= 0.3 is 0 Å². The third kappa shape index (κ3) is 1.11. The van der Waals surface area contributed by atoms with Crippen molar-refractivity contribution in [3.05, 3.63) is 29.3 Å². The van der Waals surface area contributed by atoms with Crippen LogP contribution >= 0.6 is 11.6 Å². The van der Waals surface area contributed by atoms with Gasteiger partial charge in [0.15, 0.2) is 0 Å². The average Bonchev–Trinajstić information content (AvgIpc) is 2.45. The largest absolute Gasteiger partial charge is 0.273 e. The highest BCUT2D eigenvalue weighted by Gasteiger charge is 2.70. The van der Waals surface area contributed by atoms with E-state index in [0.717, 1.165) is 12.8 Å². The first-order valence-corrected chi connectivity index (χ1v) is 6.43. The number of para-hydroxylation sites is 1. The molecule has 2 amide bonds. The fourth-order valence-electron chi connectivity index (χ4n) is 3.00. The third-order valence-corrected chi connectivity index (χ3v) is 5.11. The lowest BCUT2D eigenvalue weighted by Crippen LogP contribution is -2.49. The minimum Gasteiger partial charge on any atom is -0.273 e. The van der Waals surface area contributed by atoms with Crippen LogP contribution in [0, 0.1) is 10.8 Å². The van der Waals surface area contributed by atoms with Crippen molar-refractivity contribution in [2.75, 3.05) is 4.90 Å². The van der Waals surface area contributed by atoms with E-state index in [1.54, 1.807) is 24.3 Å². The molecule has 1 saturated heterocycles. The van der Waals surface area contributed by atoms with Crippen LogP contribution in [-0.4, -0.2) is 11.8 Å². The quantitative estimate of drug-likeness (QED) is 0.731. The topological polar surface area (TPSA) is 37.4 Å². The van der Waals surface area contributed by atoms with E-state index in [2.05, 4.69) is 0 Å². The first kappa shape index (κ1) is 11.7. The molecule has 18 heavy (non-hydrogen) atoms. The van der Waals surface area contributed by atoms with Gasteiger partial charge in [-0.3, -0.25) is 9.59 Å². The van der Waals surface area contributed by atoms with E-state index in [1.807, 2.05) is 13.8 Å². The molecule has 0 N–H and O–H groups in total. The van der Waals surface area contributed by atoms with E-state index in [4.69, 9.17) is 11.6 Å². The van der Waals surface area contributed by atoms with Gasteiger partial charge in [-0.2, -0.15) is 0 Å². The fraction of sp³-hybridized carbons (Fsp3) is 0.429. The zero-order valence-electron chi connectivity index (χ0n) is 10.4. The van der Waals surface area contributed by atoms with Gasteiger partial charge in [0.25, 0.3) is 0 Å². The minimum atomic E-state index is -0.552. The molecule has 1 saturated carbocycles. The lowest BCUT2D eigenvalue weighted by atomic mass is 9.52. The molecule has 2 fully saturated rings. The summed E-state index contributed by atoms with van der Waals surface area (Å²) in [5.41, 5.74) is -0.599. The molecule has 4 heteroatoms. The number of halogens is 1. The van der Waals surface area contributed by atoms with Crippen LogP contribution < -0.4 is 4.90 Å². The van der Waals surface area contributed by atoms with Crippen molar-refractivity contribution in [3.8, 4) is 0 Å². The summed E-state index contributed by atoms with van der Waals surface area (Å²) in [6.45, 7) is 3.77. The molecular formula is C14H14ClNO2. The Morgan fingerprint density at radius 3 is 2.00 bits per heavy atom. The van der Waals surface area contributed by atoms with Crippen molar-refractivity contribution < 1.29 is 9.59 Å². The molecule has 1 aliphatic carbocycles. The summed E-state index contributed by atoms with van der Waals surface area (Å²) in [5, 5.41) is 0.438. The smallest absolute Gasteiger partial charge is 0.240 e. The van der Waals surface area contributed by atoms with Crippen molar-refractivity contribution in [2.45, 2.75) is 26.7 Å². The number of carbonyl (C=O) groups is 2. The maximum absolute atomic E-state index is 12.5. The summed E-state index contributed by atoms with van der Waals surface area (Å²) in [5.74, 6) is -0.233. The number of hydrogen-bond donors (Lipinski definition) is 0. The van der Waals surface area contributed by atoms with Gasteiger partial charge in [-0.05, 0) is 38.8 Å². The summed E-state index contributed by atoms with van der Waals surface area (Å²) >= 11 is 6.10. The molecule has 1 heterocycles. The monoisotopic (exact) mass is 263 g/mol. The highest BCUT2D eigenvalue weighted by molar-refractivity contribution is 6.36. The van der Waals surface area contributed by atoms with Gasteiger partial charge in [-0.15, -0.1) is 0 Å². The van der Waals surface area contributed by atoms with Gasteiger partial charge in [0.2, 0.25) is 11.8 Å². The molecule has 0 bridgehead atoms. The molecular weight excluding hydrogens is 250 g/mol. The summed E-state index contributed by atoms with van der Waals surface area (Å²) in [7, 11) is 0. The first-order chi connectivity index (χ1) is 8.42. The fourth-order valence-corrected chi connectivity index (χ4v) is 3.22. The van der Waals surface area contributed by atoms with Crippen molar-refractivity contribution in [1.82, 2.24) is 0 Å². The van der Waals surface area contributed by atoms with E-state index in [9.17, 15) is 9.59 Å². The summed E-state index contributed by atoms with van der Waals surface area (Å²) in [6, 6.07) is 6.99. The number of hydrogen-bond acceptors (Lipinski definition) is 2. The molecule has 3 rings (SSSR count). The summed E-state index contributed by atoms with van der Waals surface area (Å²) < 4.78 is 0. The van der Waals surface area contributed by atoms with Crippen molar-refractivity contribution in [3.63, 3.8) is 0 Å². The van der Waals surface area contributed by atoms with Crippen molar-refractivity contribution in [1.29, 1.82) is 0 Å². The molecule has 2 atom stereocenters. The van der Waals surface area contributed by atoms with Gasteiger partial charge < -0.3 is 0 Å². The second-order valence-electron chi connectivity index (χ2n) is 5.56. The summed E-state index contributed by atoms with van der Waals surface area (Å²) in [6.07, 6.45) is 1.55. The Labute approximate surface area is 111 Å². The molecule has 1 aromatic carbocycles. The Kier molecular flexibility index (Phi) is 2.18. The SMILES string of the molecule is CC12CCC1(C)C(=O)N(c1ccccc1Cl)C2=O.